The zero-order valence-electron chi connectivity index (χ0n) is 38.1. The molecule has 0 spiro atoms. The summed E-state index contributed by atoms with van der Waals surface area (Å²) in [5.41, 5.74) is 19.2. The molecule has 70 heavy (non-hydrogen) atoms. The van der Waals surface area contributed by atoms with Gasteiger partial charge in [-0.3, -0.25) is 0 Å². The van der Waals surface area contributed by atoms with Crippen LogP contribution in [0.1, 0.15) is 22.3 Å². The van der Waals surface area contributed by atoms with E-state index < -0.39 is 5.41 Å². The number of hydrogen-bond donors (Lipinski definition) is 0. The van der Waals surface area contributed by atoms with Crippen molar-refractivity contribution in [3.8, 4) is 44.5 Å². The molecular weight excluding hydrogens is 867 g/mol. The van der Waals surface area contributed by atoms with Crippen LogP contribution in [-0.2, 0) is 5.41 Å². The summed E-state index contributed by atoms with van der Waals surface area (Å²) in [4.78, 5) is 2.40. The van der Waals surface area contributed by atoms with Gasteiger partial charge in [-0.2, -0.15) is 0 Å². The van der Waals surface area contributed by atoms with Crippen LogP contribution in [0.15, 0.2) is 265 Å². The summed E-state index contributed by atoms with van der Waals surface area (Å²) in [6.45, 7) is 0. The van der Waals surface area contributed by atoms with Crippen LogP contribution in [0.4, 0.5) is 17.1 Å². The lowest BCUT2D eigenvalue weighted by Gasteiger charge is -2.34. The summed E-state index contributed by atoms with van der Waals surface area (Å²) in [6.07, 6.45) is 0. The summed E-state index contributed by atoms with van der Waals surface area (Å²) in [5.74, 6) is 0. The Hall–Kier alpha value is -8.76. The Morgan fingerprint density at radius 2 is 0.886 bits per heavy atom. The molecule has 0 unspecified atom stereocenters. The van der Waals surface area contributed by atoms with Crippen LogP contribution in [0.3, 0.4) is 0 Å². The Morgan fingerprint density at radius 1 is 0.329 bits per heavy atom. The van der Waals surface area contributed by atoms with E-state index in [0.717, 1.165) is 50.1 Å². The summed E-state index contributed by atoms with van der Waals surface area (Å²) >= 11 is 1.88. The predicted molar refractivity (Wildman–Crippen MR) is 295 cm³/mol. The molecule has 0 aliphatic heterocycles. The van der Waals surface area contributed by atoms with Gasteiger partial charge in [-0.15, -0.1) is 11.3 Å². The van der Waals surface area contributed by atoms with Gasteiger partial charge in [0.1, 0.15) is 11.2 Å². The Labute approximate surface area is 410 Å². The SMILES string of the molecule is c1ccc(C2(c3ccccc3)c3ccccc3-c3cc(N(c4ccc(-c5cccc(-c6cccc7c6sc6ccccc67)c5)cc4)c4ccc(-c5cccc6c5oc5ccccc56)cc4)ccc32)cc1. The highest BCUT2D eigenvalue weighted by atomic mass is 32.1. The van der Waals surface area contributed by atoms with Gasteiger partial charge in [0.15, 0.2) is 0 Å². The van der Waals surface area contributed by atoms with E-state index in [9.17, 15) is 0 Å². The minimum Gasteiger partial charge on any atom is -0.455 e. The second kappa shape index (κ2) is 16.2. The number of fused-ring (bicyclic) bond motifs is 9. The van der Waals surface area contributed by atoms with E-state index in [1.54, 1.807) is 0 Å². The van der Waals surface area contributed by atoms with E-state index in [4.69, 9.17) is 4.42 Å². The molecule has 2 aromatic heterocycles. The van der Waals surface area contributed by atoms with Crippen molar-refractivity contribution in [2.45, 2.75) is 5.41 Å². The predicted octanol–water partition coefficient (Wildman–Crippen LogP) is 18.8. The molecule has 0 bridgehead atoms. The average Bonchev–Trinajstić information content (AvgIpc) is 4.11. The second-order valence-corrected chi connectivity index (χ2v) is 19.4. The number of benzene rings is 11. The standard InChI is InChI=1S/C67H43NOS/c1-3-18-48(19-4-1)67(49-20-5-2-6-21-49)61-29-10-7-22-55(61)60-43-52(40-41-62(60)67)68(51-38-34-45(35-39-51)53-25-14-27-58-56-23-8-11-30-63(56)69-65(53)58)50-36-32-44(33-37-50)46-16-13-17-47(42-46)54-26-15-28-59-57-24-9-12-31-64(57)70-66(54)59/h1-43H. The molecule has 0 saturated carbocycles. The van der Waals surface area contributed by atoms with Crippen LogP contribution >= 0.6 is 11.3 Å². The molecule has 0 atom stereocenters. The van der Waals surface area contributed by atoms with E-state index in [-0.39, 0.29) is 0 Å². The van der Waals surface area contributed by atoms with Gasteiger partial charge >= 0.3 is 0 Å². The third-order valence-corrected chi connectivity index (χ3v) is 15.8. The monoisotopic (exact) mass is 909 g/mol. The molecule has 0 saturated heterocycles. The summed E-state index contributed by atoms with van der Waals surface area (Å²) < 4.78 is 9.15. The number of anilines is 3. The molecule has 13 aromatic rings. The highest BCUT2D eigenvalue weighted by Gasteiger charge is 2.46. The number of thiophene rings is 1. The fourth-order valence-electron chi connectivity index (χ4n) is 11.4. The van der Waals surface area contributed by atoms with Crippen LogP contribution in [0, 0.1) is 0 Å². The third kappa shape index (κ3) is 6.25. The van der Waals surface area contributed by atoms with Gasteiger partial charge in [0.2, 0.25) is 0 Å². The lowest BCUT2D eigenvalue weighted by Crippen LogP contribution is -2.28. The molecule has 1 aliphatic rings. The topological polar surface area (TPSA) is 16.4 Å². The first-order chi connectivity index (χ1) is 34.7. The molecule has 14 rings (SSSR count). The van der Waals surface area contributed by atoms with E-state index in [0.29, 0.717) is 0 Å². The molecule has 3 heteroatoms. The van der Waals surface area contributed by atoms with Crippen molar-refractivity contribution in [2.24, 2.45) is 0 Å². The molecule has 1 aliphatic carbocycles. The van der Waals surface area contributed by atoms with Gasteiger partial charge in [-0.05, 0) is 116 Å². The van der Waals surface area contributed by atoms with E-state index in [1.165, 1.54) is 75.8 Å². The van der Waals surface area contributed by atoms with Crippen molar-refractivity contribution in [1.29, 1.82) is 0 Å². The molecule has 0 radical (unpaired) electrons. The van der Waals surface area contributed by atoms with E-state index in [2.05, 4.69) is 254 Å². The maximum Gasteiger partial charge on any atom is 0.143 e. The van der Waals surface area contributed by atoms with Gasteiger partial charge in [-0.1, -0.05) is 206 Å². The number of nitrogens with zero attached hydrogens (tertiary/aromatic N) is 1. The van der Waals surface area contributed by atoms with Crippen LogP contribution in [0.25, 0.3) is 86.6 Å². The zero-order valence-corrected chi connectivity index (χ0v) is 38.9. The highest BCUT2D eigenvalue weighted by molar-refractivity contribution is 7.26. The number of para-hydroxylation sites is 2. The third-order valence-electron chi connectivity index (χ3n) is 14.6. The molecule has 0 N–H and O–H groups in total. The van der Waals surface area contributed by atoms with Crippen LogP contribution in [0.2, 0.25) is 0 Å². The van der Waals surface area contributed by atoms with Crippen molar-refractivity contribution in [3.63, 3.8) is 0 Å². The fourth-order valence-corrected chi connectivity index (χ4v) is 12.7. The molecule has 2 heterocycles. The molecule has 11 aromatic carbocycles. The van der Waals surface area contributed by atoms with Crippen LogP contribution < -0.4 is 4.90 Å². The smallest absolute Gasteiger partial charge is 0.143 e. The fraction of sp³-hybridized carbons (Fsp3) is 0.0149. The molecule has 328 valence electrons. The van der Waals surface area contributed by atoms with Gasteiger partial charge in [0.05, 0.1) is 5.41 Å². The van der Waals surface area contributed by atoms with Crippen LogP contribution in [0.5, 0.6) is 0 Å². The first kappa shape index (κ1) is 40.3. The first-order valence-electron chi connectivity index (χ1n) is 24.0. The quantitative estimate of drug-likeness (QED) is 0.151. The minimum atomic E-state index is -0.476. The Balaban J connectivity index is 0.903. The minimum absolute atomic E-state index is 0.476. The second-order valence-electron chi connectivity index (χ2n) is 18.3. The van der Waals surface area contributed by atoms with Crippen molar-refractivity contribution in [3.05, 3.63) is 283 Å². The molecular formula is C67H43NOS. The Morgan fingerprint density at radius 3 is 1.66 bits per heavy atom. The Kier molecular flexibility index (Phi) is 9.33. The largest absolute Gasteiger partial charge is 0.455 e. The van der Waals surface area contributed by atoms with Gasteiger partial charge < -0.3 is 9.32 Å². The average molecular weight is 910 g/mol. The summed E-state index contributed by atoms with van der Waals surface area (Å²) in [5, 5.41) is 4.89. The number of rotatable bonds is 8. The summed E-state index contributed by atoms with van der Waals surface area (Å²) in [7, 11) is 0. The van der Waals surface area contributed by atoms with Crippen molar-refractivity contribution in [2.75, 3.05) is 4.90 Å². The van der Waals surface area contributed by atoms with E-state index >= 15 is 0 Å². The molecule has 2 nitrogen and oxygen atoms in total. The summed E-state index contributed by atoms with van der Waals surface area (Å²) in [6, 6.07) is 95.4. The maximum atomic E-state index is 6.51. The van der Waals surface area contributed by atoms with Crippen molar-refractivity contribution < 1.29 is 4.42 Å². The highest BCUT2D eigenvalue weighted by Crippen LogP contribution is 2.57. The normalized spacial score (nSPS) is 12.7. The zero-order chi connectivity index (χ0) is 46.2. The van der Waals surface area contributed by atoms with Crippen molar-refractivity contribution >= 4 is 70.5 Å². The number of hydrogen-bond acceptors (Lipinski definition) is 3. The van der Waals surface area contributed by atoms with Gasteiger partial charge in [0, 0.05) is 53.6 Å². The van der Waals surface area contributed by atoms with E-state index in [1.807, 2.05) is 23.5 Å². The molecule has 0 fully saturated rings. The van der Waals surface area contributed by atoms with Crippen molar-refractivity contribution in [1.82, 2.24) is 0 Å². The van der Waals surface area contributed by atoms with Gasteiger partial charge in [-0.25, -0.2) is 0 Å². The molecule has 0 amide bonds. The van der Waals surface area contributed by atoms with Gasteiger partial charge in [0.25, 0.3) is 0 Å². The number of furan rings is 1. The lowest BCUT2D eigenvalue weighted by atomic mass is 9.68. The first-order valence-corrected chi connectivity index (χ1v) is 24.8. The lowest BCUT2D eigenvalue weighted by molar-refractivity contribution is 0.670. The Bertz CT molecular complexity index is 4070. The van der Waals surface area contributed by atoms with Crippen LogP contribution in [-0.4, -0.2) is 0 Å². The maximum absolute atomic E-state index is 6.51.